The molecule has 6 nitrogen and oxygen atoms in total. The molecule has 1 aliphatic carbocycles. The maximum Gasteiger partial charge on any atom is 0.341 e. The van der Waals surface area contributed by atoms with E-state index in [-0.39, 0.29) is 24.0 Å². The molecule has 0 saturated carbocycles. The van der Waals surface area contributed by atoms with Crippen LogP contribution in [0.2, 0.25) is 0 Å². The lowest BCUT2D eigenvalue weighted by molar-refractivity contribution is -0.139. The number of aryl methyl sites for hydroxylation is 1. The van der Waals surface area contributed by atoms with Crippen molar-refractivity contribution in [1.29, 1.82) is 0 Å². The molecule has 1 aromatic heterocycles. The minimum Gasteiger partial charge on any atom is -0.482 e. The van der Waals surface area contributed by atoms with E-state index in [9.17, 15) is 9.59 Å². The molecule has 1 N–H and O–H groups in total. The van der Waals surface area contributed by atoms with Crippen molar-refractivity contribution in [2.24, 2.45) is 0 Å². The molecule has 0 saturated heterocycles. The standard InChI is InChI=1S/C31H30N2O4/c34-29-18-17-27(31(23-9-3-1-4-10-23)24-11-5-2-6-12-24)32-33(29)20-19-22-13-7-15-26-25(22)14-8-16-28(26)37-21-30(35)36/h1-6,8-12,14,16-18,22,31H,7,13,15,19-21H2,(H,35,36). The monoisotopic (exact) mass is 494 g/mol. The first kappa shape index (κ1) is 24.5. The van der Waals surface area contributed by atoms with Crippen LogP contribution in [0.3, 0.4) is 0 Å². The van der Waals surface area contributed by atoms with E-state index < -0.39 is 5.97 Å². The summed E-state index contributed by atoms with van der Waals surface area (Å²) in [6.07, 6.45) is 3.65. The van der Waals surface area contributed by atoms with Crippen molar-refractivity contribution in [3.63, 3.8) is 0 Å². The van der Waals surface area contributed by atoms with E-state index in [1.807, 2.05) is 54.6 Å². The van der Waals surface area contributed by atoms with Gasteiger partial charge in [-0.05, 0) is 66.0 Å². The van der Waals surface area contributed by atoms with E-state index in [1.165, 1.54) is 5.56 Å². The van der Waals surface area contributed by atoms with Gasteiger partial charge in [0.2, 0.25) is 0 Å². The summed E-state index contributed by atoms with van der Waals surface area (Å²) < 4.78 is 7.15. The number of rotatable bonds is 9. The summed E-state index contributed by atoms with van der Waals surface area (Å²) in [5.41, 5.74) is 5.25. The predicted octanol–water partition coefficient (Wildman–Crippen LogP) is 5.40. The second-order valence-electron chi connectivity index (χ2n) is 9.46. The molecule has 188 valence electrons. The van der Waals surface area contributed by atoms with Crippen LogP contribution in [-0.2, 0) is 17.8 Å². The van der Waals surface area contributed by atoms with Gasteiger partial charge in [0, 0.05) is 12.6 Å². The normalized spacial score (nSPS) is 14.8. The first-order valence-electron chi connectivity index (χ1n) is 12.7. The second-order valence-corrected chi connectivity index (χ2v) is 9.46. The Hall–Kier alpha value is -4.19. The highest BCUT2D eigenvalue weighted by atomic mass is 16.5. The number of hydrogen-bond acceptors (Lipinski definition) is 4. The molecule has 1 unspecified atom stereocenters. The summed E-state index contributed by atoms with van der Waals surface area (Å²) in [7, 11) is 0. The Morgan fingerprint density at radius 1 is 0.946 bits per heavy atom. The summed E-state index contributed by atoms with van der Waals surface area (Å²) in [5.74, 6) is -0.151. The molecule has 6 heteroatoms. The van der Waals surface area contributed by atoms with E-state index in [0.29, 0.717) is 12.3 Å². The van der Waals surface area contributed by atoms with Gasteiger partial charge in [0.1, 0.15) is 5.75 Å². The first-order valence-corrected chi connectivity index (χ1v) is 12.7. The molecule has 0 bridgehead atoms. The topological polar surface area (TPSA) is 81.4 Å². The lowest BCUT2D eigenvalue weighted by atomic mass is 9.80. The minimum atomic E-state index is -0.986. The molecule has 37 heavy (non-hydrogen) atoms. The zero-order chi connectivity index (χ0) is 25.6. The van der Waals surface area contributed by atoms with E-state index in [2.05, 4.69) is 30.3 Å². The molecule has 3 aromatic carbocycles. The summed E-state index contributed by atoms with van der Waals surface area (Å²) in [5, 5.41) is 13.9. The van der Waals surface area contributed by atoms with Crippen molar-refractivity contribution in [3.8, 4) is 5.75 Å². The van der Waals surface area contributed by atoms with Crippen LogP contribution in [0.4, 0.5) is 0 Å². The van der Waals surface area contributed by atoms with Crippen molar-refractivity contribution in [3.05, 3.63) is 129 Å². The van der Waals surface area contributed by atoms with E-state index >= 15 is 0 Å². The molecular formula is C31H30N2O4. The smallest absolute Gasteiger partial charge is 0.341 e. The van der Waals surface area contributed by atoms with Crippen LogP contribution in [-0.4, -0.2) is 27.5 Å². The molecule has 1 heterocycles. The maximum absolute atomic E-state index is 12.8. The average Bonchev–Trinajstić information content (AvgIpc) is 2.93. The van der Waals surface area contributed by atoms with Gasteiger partial charge in [-0.25, -0.2) is 9.48 Å². The van der Waals surface area contributed by atoms with Crippen molar-refractivity contribution in [1.82, 2.24) is 9.78 Å². The highest BCUT2D eigenvalue weighted by Crippen LogP contribution is 2.38. The van der Waals surface area contributed by atoms with E-state index in [0.717, 1.165) is 48.1 Å². The molecule has 4 aromatic rings. The fourth-order valence-corrected chi connectivity index (χ4v) is 5.37. The molecule has 0 spiro atoms. The largest absolute Gasteiger partial charge is 0.482 e. The number of ether oxygens (including phenoxy) is 1. The Bertz CT molecular complexity index is 1380. The van der Waals surface area contributed by atoms with Crippen LogP contribution in [0, 0.1) is 0 Å². The molecule has 0 fully saturated rings. The number of aliphatic carboxylic acids is 1. The maximum atomic E-state index is 12.8. The number of benzene rings is 3. The molecule has 0 aliphatic heterocycles. The number of hydrogen-bond donors (Lipinski definition) is 1. The third kappa shape index (κ3) is 5.64. The number of nitrogens with zero attached hydrogens (tertiary/aromatic N) is 2. The number of fused-ring (bicyclic) bond motifs is 1. The van der Waals surface area contributed by atoms with Crippen LogP contribution in [0.1, 0.15) is 59.0 Å². The lowest BCUT2D eigenvalue weighted by Gasteiger charge is -2.27. The fraction of sp³-hybridized carbons (Fsp3) is 0.258. The molecule has 0 amide bonds. The summed E-state index contributed by atoms with van der Waals surface area (Å²) in [6.45, 7) is 0.157. The Morgan fingerprint density at radius 3 is 2.32 bits per heavy atom. The fourth-order valence-electron chi connectivity index (χ4n) is 5.37. The Morgan fingerprint density at radius 2 is 1.65 bits per heavy atom. The zero-order valence-electron chi connectivity index (χ0n) is 20.6. The SMILES string of the molecule is O=C(O)COc1cccc2c1CCCC2CCn1nc(C(c2ccccc2)c2ccccc2)ccc1=O. The molecule has 1 atom stereocenters. The Labute approximate surface area is 216 Å². The zero-order valence-corrected chi connectivity index (χ0v) is 20.6. The minimum absolute atomic E-state index is 0.0707. The average molecular weight is 495 g/mol. The van der Waals surface area contributed by atoms with Gasteiger partial charge in [-0.1, -0.05) is 72.8 Å². The van der Waals surface area contributed by atoms with Crippen LogP contribution >= 0.6 is 0 Å². The third-order valence-electron chi connectivity index (χ3n) is 7.08. The van der Waals surface area contributed by atoms with Gasteiger partial charge in [-0.3, -0.25) is 4.79 Å². The highest BCUT2D eigenvalue weighted by molar-refractivity contribution is 5.68. The lowest BCUT2D eigenvalue weighted by Crippen LogP contribution is -2.26. The van der Waals surface area contributed by atoms with Gasteiger partial charge in [-0.2, -0.15) is 5.10 Å². The Balaban J connectivity index is 1.40. The summed E-state index contributed by atoms with van der Waals surface area (Å²) in [6, 6.07) is 29.8. The molecule has 5 rings (SSSR count). The van der Waals surface area contributed by atoms with Crippen LogP contribution < -0.4 is 10.3 Å². The number of carboxylic acids is 1. The van der Waals surface area contributed by atoms with Crippen LogP contribution in [0.25, 0.3) is 0 Å². The quantitative estimate of drug-likeness (QED) is 0.337. The Kier molecular flexibility index (Phi) is 7.45. The van der Waals surface area contributed by atoms with Gasteiger partial charge < -0.3 is 9.84 Å². The van der Waals surface area contributed by atoms with Crippen molar-refractivity contribution in [2.75, 3.05) is 6.61 Å². The highest BCUT2D eigenvalue weighted by Gasteiger charge is 2.24. The summed E-state index contributed by atoms with van der Waals surface area (Å²) in [4.78, 5) is 23.8. The number of aromatic nitrogens is 2. The van der Waals surface area contributed by atoms with Gasteiger partial charge >= 0.3 is 5.97 Å². The van der Waals surface area contributed by atoms with Gasteiger partial charge in [0.25, 0.3) is 5.56 Å². The van der Waals surface area contributed by atoms with Crippen LogP contribution in [0.5, 0.6) is 5.75 Å². The molecule has 0 radical (unpaired) electrons. The summed E-state index contributed by atoms with van der Waals surface area (Å²) >= 11 is 0. The number of carboxylic acid groups (broad SMARTS) is 1. The van der Waals surface area contributed by atoms with Crippen molar-refractivity contribution >= 4 is 5.97 Å². The predicted molar refractivity (Wildman–Crippen MR) is 142 cm³/mol. The molecular weight excluding hydrogens is 464 g/mol. The molecule has 1 aliphatic rings. The third-order valence-corrected chi connectivity index (χ3v) is 7.08. The van der Waals surface area contributed by atoms with E-state index in [4.69, 9.17) is 14.9 Å². The first-order chi connectivity index (χ1) is 18.1. The van der Waals surface area contributed by atoms with Gasteiger partial charge in [0.15, 0.2) is 6.61 Å². The van der Waals surface area contributed by atoms with Gasteiger partial charge in [0.05, 0.1) is 11.6 Å². The van der Waals surface area contributed by atoms with E-state index in [1.54, 1.807) is 10.7 Å². The number of carbonyl (C=O) groups is 1. The van der Waals surface area contributed by atoms with Crippen LogP contribution in [0.15, 0.2) is 95.8 Å². The second kappa shape index (κ2) is 11.2. The van der Waals surface area contributed by atoms with Gasteiger partial charge in [-0.15, -0.1) is 0 Å². The van der Waals surface area contributed by atoms with Crippen molar-refractivity contribution in [2.45, 2.75) is 44.1 Å². The van der Waals surface area contributed by atoms with Crippen molar-refractivity contribution < 1.29 is 14.6 Å².